The molecule has 1 heterocycles. The summed E-state index contributed by atoms with van der Waals surface area (Å²) in [5, 5.41) is 6.08. The van der Waals surface area contributed by atoms with E-state index in [0.29, 0.717) is 5.82 Å². The first-order valence-corrected chi connectivity index (χ1v) is 6.05. The Kier molecular flexibility index (Phi) is 3.97. The molecule has 0 aliphatic rings. The van der Waals surface area contributed by atoms with Gasteiger partial charge in [0, 0.05) is 5.56 Å². The molecule has 1 aromatic carbocycles. The van der Waals surface area contributed by atoms with Gasteiger partial charge in [0.1, 0.15) is 6.04 Å². The van der Waals surface area contributed by atoms with E-state index < -0.39 is 23.7 Å². The summed E-state index contributed by atoms with van der Waals surface area (Å²) in [6.07, 6.45) is -4.49. The second-order valence-corrected chi connectivity index (χ2v) is 4.45. The largest absolute Gasteiger partial charge is 0.416 e. The van der Waals surface area contributed by atoms with Crippen molar-refractivity contribution in [2.45, 2.75) is 26.1 Å². The van der Waals surface area contributed by atoms with Crippen LogP contribution in [-0.2, 0) is 6.18 Å². The van der Waals surface area contributed by atoms with Gasteiger partial charge in [-0.25, -0.2) is 0 Å². The molecule has 0 fully saturated rings. The second-order valence-electron chi connectivity index (χ2n) is 4.45. The van der Waals surface area contributed by atoms with Crippen molar-refractivity contribution in [3.05, 3.63) is 47.1 Å². The zero-order valence-corrected chi connectivity index (χ0v) is 11.2. The van der Waals surface area contributed by atoms with Crippen LogP contribution in [0.3, 0.4) is 0 Å². The molecule has 0 radical (unpaired) electrons. The molecule has 2 aromatic rings. The van der Waals surface area contributed by atoms with Gasteiger partial charge < -0.3 is 9.84 Å². The zero-order valence-electron chi connectivity index (χ0n) is 11.2. The molecule has 0 saturated heterocycles. The van der Waals surface area contributed by atoms with Gasteiger partial charge in [-0.15, -0.1) is 0 Å². The predicted octanol–water partition coefficient (Wildman–Crippen LogP) is 2.89. The molecule has 1 amide bonds. The van der Waals surface area contributed by atoms with Crippen LogP contribution >= 0.6 is 0 Å². The third-order valence-corrected chi connectivity index (χ3v) is 2.71. The van der Waals surface area contributed by atoms with E-state index in [1.807, 2.05) is 0 Å². The lowest BCUT2D eigenvalue weighted by Gasteiger charge is -2.11. The Labute approximate surface area is 118 Å². The van der Waals surface area contributed by atoms with Gasteiger partial charge in [-0.05, 0) is 32.0 Å². The molecular formula is C13H12F3N3O2. The van der Waals surface area contributed by atoms with Crippen LogP contribution < -0.4 is 5.32 Å². The Balaban J connectivity index is 2.13. The minimum absolute atomic E-state index is 0.0899. The van der Waals surface area contributed by atoms with Crippen LogP contribution in [0.1, 0.15) is 40.6 Å². The van der Waals surface area contributed by atoms with E-state index in [1.54, 1.807) is 13.8 Å². The molecule has 5 nitrogen and oxygen atoms in total. The van der Waals surface area contributed by atoms with E-state index in [4.69, 9.17) is 4.52 Å². The SMILES string of the molecule is Cc1noc(C(C)NC(=O)c2cccc(C(F)(F)F)c2)n1. The van der Waals surface area contributed by atoms with Crippen molar-refractivity contribution in [1.29, 1.82) is 0 Å². The average Bonchev–Trinajstić information content (AvgIpc) is 2.84. The van der Waals surface area contributed by atoms with Gasteiger partial charge >= 0.3 is 6.18 Å². The number of hydrogen-bond donors (Lipinski definition) is 1. The summed E-state index contributed by atoms with van der Waals surface area (Å²) < 4.78 is 42.7. The topological polar surface area (TPSA) is 68.0 Å². The standard InChI is InChI=1S/C13H12F3N3O2/c1-7(12-18-8(2)19-21-12)17-11(20)9-4-3-5-10(6-9)13(14,15)16/h3-7H,1-2H3,(H,17,20). The number of aromatic nitrogens is 2. The Morgan fingerprint density at radius 1 is 1.38 bits per heavy atom. The van der Waals surface area contributed by atoms with E-state index in [2.05, 4.69) is 15.5 Å². The Morgan fingerprint density at radius 2 is 2.10 bits per heavy atom. The zero-order chi connectivity index (χ0) is 15.6. The summed E-state index contributed by atoms with van der Waals surface area (Å²) in [4.78, 5) is 15.9. The van der Waals surface area contributed by atoms with Crippen LogP contribution in [0.25, 0.3) is 0 Å². The molecule has 21 heavy (non-hydrogen) atoms. The van der Waals surface area contributed by atoms with E-state index in [9.17, 15) is 18.0 Å². The molecule has 8 heteroatoms. The first kappa shape index (κ1) is 15.0. The van der Waals surface area contributed by atoms with E-state index in [1.165, 1.54) is 12.1 Å². The number of nitrogens with zero attached hydrogens (tertiary/aromatic N) is 2. The number of amides is 1. The van der Waals surface area contributed by atoms with Crippen molar-refractivity contribution in [3.8, 4) is 0 Å². The van der Waals surface area contributed by atoms with Crippen molar-refractivity contribution < 1.29 is 22.5 Å². The lowest BCUT2D eigenvalue weighted by atomic mass is 10.1. The van der Waals surface area contributed by atoms with Gasteiger partial charge in [0.25, 0.3) is 5.91 Å². The van der Waals surface area contributed by atoms with Crippen LogP contribution in [0.4, 0.5) is 13.2 Å². The van der Waals surface area contributed by atoms with Crippen LogP contribution in [-0.4, -0.2) is 16.0 Å². The van der Waals surface area contributed by atoms with Gasteiger partial charge in [0.15, 0.2) is 5.82 Å². The summed E-state index contributed by atoms with van der Waals surface area (Å²) in [6.45, 7) is 3.22. The lowest BCUT2D eigenvalue weighted by Crippen LogP contribution is -2.27. The Morgan fingerprint density at radius 3 is 2.67 bits per heavy atom. The van der Waals surface area contributed by atoms with E-state index >= 15 is 0 Å². The maximum absolute atomic E-state index is 12.6. The second kappa shape index (κ2) is 5.55. The number of hydrogen-bond acceptors (Lipinski definition) is 4. The summed E-state index contributed by atoms with van der Waals surface area (Å²) >= 11 is 0. The van der Waals surface area contributed by atoms with Crippen molar-refractivity contribution in [1.82, 2.24) is 15.5 Å². The molecule has 0 bridgehead atoms. The highest BCUT2D eigenvalue weighted by Crippen LogP contribution is 2.29. The van der Waals surface area contributed by atoms with Crippen molar-refractivity contribution >= 4 is 5.91 Å². The number of halogens is 3. The van der Waals surface area contributed by atoms with Crippen LogP contribution in [0, 0.1) is 6.92 Å². The predicted molar refractivity (Wildman–Crippen MR) is 66.4 cm³/mol. The summed E-state index contributed by atoms with van der Waals surface area (Å²) in [7, 11) is 0. The van der Waals surface area contributed by atoms with Crippen molar-refractivity contribution in [2.24, 2.45) is 0 Å². The van der Waals surface area contributed by atoms with Gasteiger partial charge in [-0.2, -0.15) is 18.2 Å². The number of carbonyl (C=O) groups is 1. The highest BCUT2D eigenvalue weighted by Gasteiger charge is 2.31. The number of aryl methyl sites for hydroxylation is 1. The van der Waals surface area contributed by atoms with Gasteiger partial charge in [0.05, 0.1) is 5.56 Å². The van der Waals surface area contributed by atoms with Gasteiger partial charge in [-0.3, -0.25) is 4.79 Å². The molecule has 1 N–H and O–H groups in total. The fraction of sp³-hybridized carbons (Fsp3) is 0.308. The molecule has 112 valence electrons. The lowest BCUT2D eigenvalue weighted by molar-refractivity contribution is -0.137. The van der Waals surface area contributed by atoms with Crippen LogP contribution in [0.15, 0.2) is 28.8 Å². The normalized spacial score (nSPS) is 13.0. The maximum atomic E-state index is 12.6. The van der Waals surface area contributed by atoms with Crippen molar-refractivity contribution in [2.75, 3.05) is 0 Å². The summed E-state index contributed by atoms with van der Waals surface area (Å²) in [5.41, 5.74) is -0.968. The molecule has 0 aliphatic carbocycles. The number of nitrogens with one attached hydrogen (secondary N) is 1. The smallest absolute Gasteiger partial charge is 0.341 e. The van der Waals surface area contributed by atoms with Gasteiger partial charge in [-0.1, -0.05) is 11.2 Å². The van der Waals surface area contributed by atoms with Gasteiger partial charge in [0.2, 0.25) is 5.89 Å². The molecule has 2 rings (SSSR count). The van der Waals surface area contributed by atoms with Crippen LogP contribution in [0.2, 0.25) is 0 Å². The molecule has 1 unspecified atom stereocenters. The number of alkyl halides is 3. The number of carbonyl (C=O) groups excluding carboxylic acids is 1. The maximum Gasteiger partial charge on any atom is 0.416 e. The first-order valence-electron chi connectivity index (χ1n) is 6.05. The Hall–Kier alpha value is -2.38. The molecule has 0 spiro atoms. The minimum Gasteiger partial charge on any atom is -0.341 e. The average molecular weight is 299 g/mol. The quantitative estimate of drug-likeness (QED) is 0.946. The summed E-state index contributed by atoms with van der Waals surface area (Å²) in [5.74, 6) is -0.0533. The first-order chi connectivity index (χ1) is 9.77. The van der Waals surface area contributed by atoms with Crippen molar-refractivity contribution in [3.63, 3.8) is 0 Å². The third kappa shape index (κ3) is 3.59. The van der Waals surface area contributed by atoms with Crippen LogP contribution in [0.5, 0.6) is 0 Å². The highest BCUT2D eigenvalue weighted by atomic mass is 19.4. The molecule has 1 atom stereocenters. The molecular weight excluding hydrogens is 287 g/mol. The molecule has 0 saturated carbocycles. The Bertz CT molecular complexity index is 652. The number of benzene rings is 1. The highest BCUT2D eigenvalue weighted by molar-refractivity contribution is 5.94. The van der Waals surface area contributed by atoms with E-state index in [-0.39, 0.29) is 11.5 Å². The minimum atomic E-state index is -4.49. The molecule has 1 aromatic heterocycles. The summed E-state index contributed by atoms with van der Waals surface area (Å²) in [6, 6.07) is 3.58. The fourth-order valence-electron chi connectivity index (χ4n) is 1.67. The number of rotatable bonds is 3. The monoisotopic (exact) mass is 299 g/mol. The third-order valence-electron chi connectivity index (χ3n) is 2.71. The van der Waals surface area contributed by atoms with E-state index in [0.717, 1.165) is 12.1 Å². The molecule has 0 aliphatic heterocycles. The fourth-order valence-corrected chi connectivity index (χ4v) is 1.67.